The summed E-state index contributed by atoms with van der Waals surface area (Å²) in [7, 11) is 0. The first kappa shape index (κ1) is 14.1. The Morgan fingerprint density at radius 2 is 2.18 bits per heavy atom. The van der Waals surface area contributed by atoms with Gasteiger partial charge in [0, 0.05) is 6.20 Å². The number of aliphatic hydroxyl groups excluding tert-OH is 1. The molecule has 0 amide bonds. The van der Waals surface area contributed by atoms with Crippen molar-refractivity contribution in [1.82, 2.24) is 14.5 Å². The van der Waals surface area contributed by atoms with Crippen molar-refractivity contribution in [1.29, 1.82) is 0 Å². The van der Waals surface area contributed by atoms with Gasteiger partial charge < -0.3 is 19.1 Å². The molecule has 7 heteroatoms. The first-order chi connectivity index (χ1) is 10.5. The van der Waals surface area contributed by atoms with Crippen LogP contribution in [0.4, 0.5) is 0 Å². The van der Waals surface area contributed by atoms with Crippen LogP contribution in [0.2, 0.25) is 5.15 Å². The second-order valence-electron chi connectivity index (χ2n) is 6.04. The molecule has 0 saturated carbocycles. The van der Waals surface area contributed by atoms with Gasteiger partial charge in [0.25, 0.3) is 0 Å². The fourth-order valence-electron chi connectivity index (χ4n) is 3.30. The summed E-state index contributed by atoms with van der Waals surface area (Å²) in [4.78, 5) is 8.32. The highest BCUT2D eigenvalue weighted by atomic mass is 35.5. The Kier molecular flexibility index (Phi) is 3.06. The van der Waals surface area contributed by atoms with E-state index >= 15 is 0 Å². The van der Waals surface area contributed by atoms with Crippen molar-refractivity contribution >= 4 is 22.6 Å². The third-order valence-corrected chi connectivity index (χ3v) is 4.48. The van der Waals surface area contributed by atoms with Gasteiger partial charge in [0.2, 0.25) is 0 Å². The van der Waals surface area contributed by atoms with Crippen LogP contribution >= 0.6 is 11.6 Å². The van der Waals surface area contributed by atoms with Crippen LogP contribution < -0.4 is 0 Å². The lowest BCUT2D eigenvalue weighted by molar-refractivity contribution is -0.148. The van der Waals surface area contributed by atoms with Crippen LogP contribution in [0.1, 0.15) is 19.9 Å². The smallest absolute Gasteiger partial charge is 0.164 e. The van der Waals surface area contributed by atoms with Gasteiger partial charge in [-0.15, -0.1) is 0 Å². The molecule has 116 valence electrons. The zero-order valence-corrected chi connectivity index (χ0v) is 13.0. The second kappa shape index (κ2) is 4.76. The van der Waals surface area contributed by atoms with Crippen molar-refractivity contribution in [3.63, 3.8) is 0 Å². The molecule has 6 nitrogen and oxygen atoms in total. The quantitative estimate of drug-likeness (QED) is 0.677. The Hall–Kier alpha value is -1.47. The molecule has 2 aromatic heterocycles. The Morgan fingerprint density at radius 3 is 2.95 bits per heavy atom. The van der Waals surface area contributed by atoms with Gasteiger partial charge in [-0.05, 0) is 25.5 Å². The summed E-state index contributed by atoms with van der Waals surface area (Å²) in [5.74, 6) is -0.669. The molecule has 1 N–H and O–H groups in total. The predicted octanol–water partition coefficient (Wildman–Crippen LogP) is 2.08. The number of aliphatic hydroxyl groups is 1. The highest BCUT2D eigenvalue weighted by Crippen LogP contribution is 2.44. The molecule has 1 fully saturated rings. The number of nitrogens with zero attached hydrogens (tertiary/aromatic N) is 3. The lowest BCUT2D eigenvalue weighted by atomic mass is 10.1. The number of hydrogen-bond acceptors (Lipinski definition) is 5. The van der Waals surface area contributed by atoms with Crippen LogP contribution in [0.25, 0.3) is 11.0 Å². The van der Waals surface area contributed by atoms with Crippen LogP contribution in [0.5, 0.6) is 0 Å². The largest absolute Gasteiger partial charge is 0.392 e. The molecule has 3 atom stereocenters. The lowest BCUT2D eigenvalue weighted by Crippen LogP contribution is -2.28. The van der Waals surface area contributed by atoms with E-state index in [1.807, 2.05) is 36.8 Å². The number of fused-ring (bicyclic) bond motifs is 2. The summed E-state index contributed by atoms with van der Waals surface area (Å²) in [6, 6.07) is 1.79. The highest BCUT2D eigenvalue weighted by Gasteiger charge is 2.50. The molecule has 0 radical (unpaired) electrons. The van der Waals surface area contributed by atoms with Gasteiger partial charge in [0.05, 0.1) is 18.0 Å². The van der Waals surface area contributed by atoms with E-state index in [1.165, 1.54) is 6.33 Å². The fraction of sp³-hybridized carbons (Fsp3) is 0.467. The fourth-order valence-corrected chi connectivity index (χ4v) is 3.49. The van der Waals surface area contributed by atoms with Crippen LogP contribution in [0, 0.1) is 0 Å². The number of aromatic nitrogens is 3. The summed E-state index contributed by atoms with van der Waals surface area (Å²) >= 11 is 6.11. The van der Waals surface area contributed by atoms with Crippen LogP contribution in [0.3, 0.4) is 0 Å². The third-order valence-electron chi connectivity index (χ3n) is 4.18. The van der Waals surface area contributed by atoms with Crippen molar-refractivity contribution in [3.8, 4) is 0 Å². The second-order valence-corrected chi connectivity index (χ2v) is 6.39. The minimum Gasteiger partial charge on any atom is -0.392 e. The number of hydrogen-bond donors (Lipinski definition) is 1. The maximum Gasteiger partial charge on any atom is 0.164 e. The van der Waals surface area contributed by atoms with Gasteiger partial charge in [-0.2, -0.15) is 0 Å². The van der Waals surface area contributed by atoms with Gasteiger partial charge in [-0.1, -0.05) is 17.7 Å². The van der Waals surface area contributed by atoms with Crippen LogP contribution in [0.15, 0.2) is 30.2 Å². The molecule has 1 saturated heterocycles. The summed E-state index contributed by atoms with van der Waals surface area (Å²) in [5.41, 5.74) is 1.58. The molecule has 1 aliphatic heterocycles. The molecule has 2 aliphatic rings. The molecule has 0 spiro atoms. The zero-order chi connectivity index (χ0) is 15.5. The minimum atomic E-state index is -0.669. The van der Waals surface area contributed by atoms with Crippen molar-refractivity contribution in [2.75, 3.05) is 6.61 Å². The Morgan fingerprint density at radius 1 is 1.36 bits per heavy atom. The molecule has 0 aromatic carbocycles. The molecule has 4 rings (SSSR count). The molecular weight excluding hydrogens is 306 g/mol. The SMILES string of the molecule is CC1(C)O[C@@H]2[C@H](O1)C(CO)=C[C@H]2n1ccc2c(Cl)ncnc21. The topological polar surface area (TPSA) is 69.4 Å². The van der Waals surface area contributed by atoms with Gasteiger partial charge in [0.1, 0.15) is 29.3 Å². The van der Waals surface area contributed by atoms with E-state index in [0.29, 0.717) is 5.15 Å². The minimum absolute atomic E-state index is 0.0496. The maximum absolute atomic E-state index is 9.60. The van der Waals surface area contributed by atoms with Crippen molar-refractivity contribution in [3.05, 3.63) is 35.4 Å². The lowest BCUT2D eigenvalue weighted by Gasteiger charge is -2.22. The molecule has 22 heavy (non-hydrogen) atoms. The van der Waals surface area contributed by atoms with Crippen molar-refractivity contribution < 1.29 is 14.6 Å². The monoisotopic (exact) mass is 321 g/mol. The summed E-state index contributed by atoms with van der Waals surface area (Å²) in [6.07, 6.45) is 4.92. The van der Waals surface area contributed by atoms with E-state index < -0.39 is 5.79 Å². The molecular formula is C15H16ClN3O3. The molecule has 0 bridgehead atoms. The average molecular weight is 322 g/mol. The summed E-state index contributed by atoms with van der Waals surface area (Å²) < 4.78 is 13.9. The Labute approximate surface area is 132 Å². The zero-order valence-electron chi connectivity index (χ0n) is 12.2. The van der Waals surface area contributed by atoms with E-state index in [1.54, 1.807) is 0 Å². The van der Waals surface area contributed by atoms with Gasteiger partial charge in [-0.25, -0.2) is 9.97 Å². The third kappa shape index (κ3) is 1.99. The highest BCUT2D eigenvalue weighted by molar-refractivity contribution is 6.33. The summed E-state index contributed by atoms with van der Waals surface area (Å²) in [5, 5.41) is 10.8. The standard InChI is InChI=1S/C15H16ClN3O3/c1-15(2)21-11-8(6-20)5-10(12(11)22-15)19-4-3-9-13(16)17-7-18-14(9)19/h3-5,7,10-12,20H,6H2,1-2H3/t10-,11-,12+/m1/s1. The summed E-state index contributed by atoms with van der Waals surface area (Å²) in [6.45, 7) is 3.71. The van der Waals surface area contributed by atoms with Gasteiger partial charge >= 0.3 is 0 Å². The first-order valence-corrected chi connectivity index (χ1v) is 7.52. The number of rotatable bonds is 2. The van der Waals surface area contributed by atoms with Crippen LogP contribution in [-0.2, 0) is 9.47 Å². The Balaban J connectivity index is 1.81. The molecule has 1 aliphatic carbocycles. The molecule has 0 unspecified atom stereocenters. The van der Waals surface area contributed by atoms with Crippen LogP contribution in [-0.4, -0.2) is 44.2 Å². The molecule has 3 heterocycles. The van der Waals surface area contributed by atoms with E-state index in [2.05, 4.69) is 9.97 Å². The van der Waals surface area contributed by atoms with E-state index in [0.717, 1.165) is 16.6 Å². The Bertz CT molecular complexity index is 770. The normalized spacial score (nSPS) is 29.8. The van der Waals surface area contributed by atoms with E-state index in [9.17, 15) is 5.11 Å². The number of halogens is 1. The number of ether oxygens (including phenoxy) is 2. The van der Waals surface area contributed by atoms with Crippen molar-refractivity contribution in [2.24, 2.45) is 0 Å². The van der Waals surface area contributed by atoms with Crippen molar-refractivity contribution in [2.45, 2.75) is 37.9 Å². The van der Waals surface area contributed by atoms with Gasteiger partial charge in [-0.3, -0.25) is 0 Å². The first-order valence-electron chi connectivity index (χ1n) is 7.14. The van der Waals surface area contributed by atoms with Gasteiger partial charge in [0.15, 0.2) is 5.79 Å². The predicted molar refractivity (Wildman–Crippen MR) is 80.6 cm³/mol. The maximum atomic E-state index is 9.60. The van der Waals surface area contributed by atoms with E-state index in [4.69, 9.17) is 21.1 Å². The van der Waals surface area contributed by atoms with E-state index in [-0.39, 0.29) is 24.9 Å². The molecule has 2 aromatic rings. The average Bonchev–Trinajstić information content (AvgIpc) is 3.10.